The fourth-order valence-electron chi connectivity index (χ4n) is 7.89. The molecule has 0 aliphatic carbocycles. The second-order valence-corrected chi connectivity index (χ2v) is 13.3. The molecule has 45 heavy (non-hydrogen) atoms. The van der Waals surface area contributed by atoms with Gasteiger partial charge in [0.25, 0.3) is 0 Å². The maximum atomic E-state index is 14.9. The number of benzene rings is 2. The number of nitrogens with one attached hydrogen (secondary N) is 1. The normalized spacial score (nSPS) is 22.4. The molecule has 8 rings (SSSR count). The zero-order valence-corrected chi connectivity index (χ0v) is 25.5. The number of fused-ring (bicyclic) bond motifs is 5. The average Bonchev–Trinajstić information content (AvgIpc) is 3.62. The highest BCUT2D eigenvalue weighted by molar-refractivity contribution is 6.38. The lowest BCUT2D eigenvalue weighted by Crippen LogP contribution is -2.51. The highest BCUT2D eigenvalue weighted by atomic mass is 35.5. The molecule has 0 radical (unpaired) electrons. The van der Waals surface area contributed by atoms with Crippen LogP contribution in [0.5, 0.6) is 11.8 Å². The molecule has 6 heterocycles. The number of hydrogen-bond donors (Lipinski definition) is 2. The van der Waals surface area contributed by atoms with Crippen LogP contribution in [0, 0.1) is 18.2 Å². The number of aromatic nitrogens is 3. The fourth-order valence-corrected chi connectivity index (χ4v) is 8.18. The molecule has 2 atom stereocenters. The van der Waals surface area contributed by atoms with Gasteiger partial charge in [-0.3, -0.25) is 9.88 Å². The Hall–Kier alpha value is -4.23. The van der Waals surface area contributed by atoms with Crippen LogP contribution >= 0.6 is 11.6 Å². The monoisotopic (exact) mass is 622 g/mol. The zero-order valence-electron chi connectivity index (χ0n) is 24.7. The lowest BCUT2D eigenvalue weighted by molar-refractivity contribution is 0.108. The number of halogens is 2. The fraction of sp³-hybridized carbons (Fsp3) is 0.343. The van der Waals surface area contributed by atoms with Crippen LogP contribution in [0.1, 0.15) is 31.2 Å². The van der Waals surface area contributed by atoms with E-state index in [9.17, 15) is 9.50 Å². The number of ether oxygens (including phenoxy) is 1. The maximum Gasteiger partial charge on any atom is 0.319 e. The van der Waals surface area contributed by atoms with E-state index in [2.05, 4.69) is 34.2 Å². The van der Waals surface area contributed by atoms with Crippen molar-refractivity contribution in [1.82, 2.24) is 25.2 Å². The summed E-state index contributed by atoms with van der Waals surface area (Å²) in [6.07, 6.45) is 11.3. The van der Waals surface area contributed by atoms with Crippen molar-refractivity contribution in [2.75, 3.05) is 37.7 Å². The second-order valence-electron chi connectivity index (χ2n) is 12.9. The van der Waals surface area contributed by atoms with Crippen LogP contribution in [0.3, 0.4) is 0 Å². The van der Waals surface area contributed by atoms with E-state index in [0.29, 0.717) is 57.4 Å². The van der Waals surface area contributed by atoms with Crippen molar-refractivity contribution in [3.8, 4) is 35.4 Å². The summed E-state index contributed by atoms with van der Waals surface area (Å²) in [7, 11) is 0. The predicted molar refractivity (Wildman–Crippen MR) is 174 cm³/mol. The smallest absolute Gasteiger partial charge is 0.319 e. The Morgan fingerprint density at radius 3 is 2.58 bits per heavy atom. The number of anilines is 1. The molecule has 2 aromatic carbocycles. The molecule has 0 saturated carbocycles. The van der Waals surface area contributed by atoms with E-state index >= 15 is 0 Å². The van der Waals surface area contributed by atoms with E-state index in [4.69, 9.17) is 37.7 Å². The Balaban J connectivity index is 1.28. The number of pyridine rings is 1. The summed E-state index contributed by atoms with van der Waals surface area (Å²) >= 11 is 7.17. The quantitative estimate of drug-likeness (QED) is 0.220. The molecule has 4 aliphatic heterocycles. The summed E-state index contributed by atoms with van der Waals surface area (Å²) in [5.41, 5.74) is 3.42. The van der Waals surface area contributed by atoms with Gasteiger partial charge in [0.05, 0.1) is 27.2 Å². The Bertz CT molecular complexity index is 1960. The van der Waals surface area contributed by atoms with Crippen LogP contribution in [0.2, 0.25) is 5.02 Å². The number of piperazine rings is 1. The number of phenols is 1. The third kappa shape index (κ3) is 4.62. The number of rotatable bonds is 5. The van der Waals surface area contributed by atoms with Gasteiger partial charge in [-0.05, 0) is 49.3 Å². The van der Waals surface area contributed by atoms with E-state index in [1.807, 2.05) is 0 Å². The molecule has 228 valence electrons. The van der Waals surface area contributed by atoms with Gasteiger partial charge >= 0.3 is 6.01 Å². The summed E-state index contributed by atoms with van der Waals surface area (Å²) in [5, 5.41) is 16.2. The van der Waals surface area contributed by atoms with Crippen LogP contribution in [0.15, 0.2) is 54.8 Å². The molecule has 4 saturated heterocycles. The Morgan fingerprint density at radius 2 is 1.87 bits per heavy atom. The Kier molecular flexibility index (Phi) is 6.54. The number of nitrogens with zero attached hydrogens (tertiary/aromatic N) is 5. The first-order chi connectivity index (χ1) is 21.7. The zero-order chi connectivity index (χ0) is 31.0. The lowest BCUT2D eigenvalue weighted by atomic mass is 9.92. The molecular weight excluding hydrogens is 591 g/mol. The van der Waals surface area contributed by atoms with Crippen LogP contribution in [0.4, 0.5) is 10.2 Å². The van der Waals surface area contributed by atoms with Gasteiger partial charge in [-0.15, -0.1) is 6.42 Å². The van der Waals surface area contributed by atoms with E-state index in [-0.39, 0.29) is 27.9 Å². The molecule has 0 unspecified atom stereocenters. The minimum absolute atomic E-state index is 0.0196. The Morgan fingerprint density at radius 1 is 1.13 bits per heavy atom. The third-order valence-electron chi connectivity index (χ3n) is 9.74. The summed E-state index contributed by atoms with van der Waals surface area (Å²) in [4.78, 5) is 19.2. The molecule has 4 aromatic rings. The van der Waals surface area contributed by atoms with Crippen molar-refractivity contribution in [3.63, 3.8) is 0 Å². The largest absolute Gasteiger partial charge is 0.508 e. The summed E-state index contributed by atoms with van der Waals surface area (Å²) in [5.74, 6) is 2.62. The highest BCUT2D eigenvalue weighted by Gasteiger charge is 2.48. The standard InChI is InChI=1S/C35H32ClFN6O2/c1-4-25-28(37)8-5-21-9-24(44)10-26(29(21)25)31-30(36)32-27(13-38-31)33(42-16-22-6-7-23(17-42)39-22)41-34(40-32)45-18-35-11-19(2)14-43(35)15-20(3)12-35/h1,5,8-10,13,22-23,39,44H,2-3,6-7,11-12,14-18H2/t22-,23+. The minimum Gasteiger partial charge on any atom is -0.508 e. The number of terminal acetylenes is 1. The minimum atomic E-state index is -0.542. The van der Waals surface area contributed by atoms with Gasteiger partial charge in [-0.1, -0.05) is 47.9 Å². The molecule has 4 aliphatic rings. The van der Waals surface area contributed by atoms with Gasteiger partial charge < -0.3 is 20.1 Å². The first-order valence-corrected chi connectivity index (χ1v) is 15.6. The van der Waals surface area contributed by atoms with Crippen LogP contribution in [-0.4, -0.2) is 75.4 Å². The number of aromatic hydroxyl groups is 1. The van der Waals surface area contributed by atoms with E-state index in [1.54, 1.807) is 12.3 Å². The summed E-state index contributed by atoms with van der Waals surface area (Å²) in [6, 6.07) is 6.88. The average molecular weight is 623 g/mol. The van der Waals surface area contributed by atoms with E-state index in [1.165, 1.54) is 29.3 Å². The van der Waals surface area contributed by atoms with Gasteiger partial charge in [0.1, 0.15) is 29.5 Å². The van der Waals surface area contributed by atoms with Gasteiger partial charge in [0, 0.05) is 55.4 Å². The van der Waals surface area contributed by atoms with Crippen LogP contribution in [-0.2, 0) is 0 Å². The summed E-state index contributed by atoms with van der Waals surface area (Å²) in [6.45, 7) is 12.1. The molecule has 2 N–H and O–H groups in total. The molecule has 8 nitrogen and oxygen atoms in total. The van der Waals surface area contributed by atoms with Crippen LogP contribution in [0.25, 0.3) is 32.9 Å². The first kappa shape index (κ1) is 28.3. The Labute approximate surface area is 265 Å². The van der Waals surface area contributed by atoms with Crippen molar-refractivity contribution in [3.05, 3.63) is 71.2 Å². The van der Waals surface area contributed by atoms with Crippen molar-refractivity contribution >= 4 is 39.1 Å². The van der Waals surface area contributed by atoms with E-state index < -0.39 is 5.82 Å². The van der Waals surface area contributed by atoms with Crippen molar-refractivity contribution < 1.29 is 14.2 Å². The van der Waals surface area contributed by atoms with Crippen molar-refractivity contribution in [2.24, 2.45) is 0 Å². The molecule has 2 bridgehead atoms. The molecule has 4 fully saturated rings. The first-order valence-electron chi connectivity index (χ1n) is 15.2. The molecule has 2 aromatic heterocycles. The molecule has 0 amide bonds. The lowest BCUT2D eigenvalue weighted by Gasteiger charge is -2.34. The van der Waals surface area contributed by atoms with E-state index in [0.717, 1.165) is 51.9 Å². The van der Waals surface area contributed by atoms with Gasteiger partial charge in [-0.2, -0.15) is 9.97 Å². The predicted octanol–water partition coefficient (Wildman–Crippen LogP) is 5.60. The SMILES string of the molecule is C#Cc1c(F)ccc2cc(O)cc(-c3ncc4c(N5C[C@H]6CC[C@@H](C5)N6)nc(OCC56CC(=C)CN5CC(=C)C6)nc4c3Cl)c12. The van der Waals surface area contributed by atoms with Crippen molar-refractivity contribution in [1.29, 1.82) is 0 Å². The maximum absolute atomic E-state index is 14.9. The van der Waals surface area contributed by atoms with Gasteiger partial charge in [0.2, 0.25) is 0 Å². The van der Waals surface area contributed by atoms with Crippen molar-refractivity contribution in [2.45, 2.75) is 43.3 Å². The van der Waals surface area contributed by atoms with Gasteiger partial charge in [-0.25, -0.2) is 4.39 Å². The topological polar surface area (TPSA) is 86.6 Å². The highest BCUT2D eigenvalue weighted by Crippen LogP contribution is 2.44. The molecule has 0 spiro atoms. The third-order valence-corrected chi connectivity index (χ3v) is 10.1. The van der Waals surface area contributed by atoms with Crippen LogP contribution < -0.4 is 15.0 Å². The summed E-state index contributed by atoms with van der Waals surface area (Å²) < 4.78 is 21.3. The molecule has 10 heteroatoms. The van der Waals surface area contributed by atoms with Gasteiger partial charge in [0.15, 0.2) is 0 Å². The molecular formula is C35H32ClFN6O2. The second kappa shape index (κ2) is 10.4. The number of phenolic OH excluding ortho intramolecular Hbond substituents is 1. The number of hydrogen-bond acceptors (Lipinski definition) is 8.